The van der Waals surface area contributed by atoms with Crippen LogP contribution in [0.3, 0.4) is 0 Å². The molecular weight excluding hydrogens is 297 g/mol. The molecule has 21 heavy (non-hydrogen) atoms. The molecule has 0 spiro atoms. The van der Waals surface area contributed by atoms with Crippen LogP contribution in [-0.4, -0.2) is 19.5 Å². The Labute approximate surface area is 121 Å². The monoisotopic (exact) mass is 309 g/mol. The molecule has 0 atom stereocenters. The molecule has 0 aromatic heterocycles. The molecule has 2 N–H and O–H groups in total. The number of carboxylic acid groups (broad SMARTS) is 1. The van der Waals surface area contributed by atoms with Crippen LogP contribution in [0.4, 0.5) is 10.1 Å². The Kier molecular flexibility index (Phi) is 4.23. The lowest BCUT2D eigenvalue weighted by Gasteiger charge is -2.10. The molecule has 0 heterocycles. The number of hydrogen-bond acceptors (Lipinski definition) is 3. The number of halogens is 1. The van der Waals surface area contributed by atoms with Crippen LogP contribution in [0, 0.1) is 5.82 Å². The average molecular weight is 309 g/mol. The van der Waals surface area contributed by atoms with Crippen molar-refractivity contribution in [1.82, 2.24) is 0 Å². The van der Waals surface area contributed by atoms with E-state index in [0.717, 1.165) is 12.1 Å². The highest BCUT2D eigenvalue weighted by Gasteiger charge is 2.16. The van der Waals surface area contributed by atoms with Crippen molar-refractivity contribution in [2.45, 2.75) is 5.75 Å². The molecule has 2 rings (SSSR count). The molecule has 0 aliphatic rings. The summed E-state index contributed by atoms with van der Waals surface area (Å²) >= 11 is 0. The first-order valence-electron chi connectivity index (χ1n) is 5.95. The van der Waals surface area contributed by atoms with Crippen LogP contribution < -0.4 is 4.72 Å². The molecule has 0 amide bonds. The van der Waals surface area contributed by atoms with E-state index in [1.807, 2.05) is 0 Å². The molecule has 110 valence electrons. The lowest BCUT2D eigenvalue weighted by atomic mass is 10.2. The van der Waals surface area contributed by atoms with Gasteiger partial charge in [-0.05, 0) is 29.8 Å². The Bertz CT molecular complexity index is 757. The first kappa shape index (κ1) is 15.0. The zero-order chi connectivity index (χ0) is 15.5. The van der Waals surface area contributed by atoms with Crippen LogP contribution in [0.15, 0.2) is 48.5 Å². The second kappa shape index (κ2) is 5.92. The van der Waals surface area contributed by atoms with Crippen molar-refractivity contribution in [2.24, 2.45) is 0 Å². The fourth-order valence-corrected chi connectivity index (χ4v) is 2.98. The fourth-order valence-electron chi connectivity index (χ4n) is 1.76. The van der Waals surface area contributed by atoms with E-state index in [0.29, 0.717) is 5.56 Å². The van der Waals surface area contributed by atoms with Crippen molar-refractivity contribution < 1.29 is 22.7 Å². The topological polar surface area (TPSA) is 83.5 Å². The van der Waals surface area contributed by atoms with Gasteiger partial charge in [-0.25, -0.2) is 17.6 Å². The van der Waals surface area contributed by atoms with Gasteiger partial charge in [0.15, 0.2) is 0 Å². The van der Waals surface area contributed by atoms with Crippen molar-refractivity contribution in [3.8, 4) is 0 Å². The Morgan fingerprint density at radius 1 is 1.10 bits per heavy atom. The smallest absolute Gasteiger partial charge is 0.337 e. The molecule has 0 bridgehead atoms. The molecule has 0 radical (unpaired) electrons. The molecule has 7 heteroatoms. The summed E-state index contributed by atoms with van der Waals surface area (Å²) < 4.78 is 39.1. The van der Waals surface area contributed by atoms with E-state index < -0.39 is 21.8 Å². The zero-order valence-corrected chi connectivity index (χ0v) is 11.6. The highest BCUT2D eigenvalue weighted by Crippen LogP contribution is 2.18. The quantitative estimate of drug-likeness (QED) is 0.888. The molecule has 0 saturated carbocycles. The first-order chi connectivity index (χ1) is 9.87. The second-order valence-electron chi connectivity index (χ2n) is 4.34. The molecule has 0 aliphatic carbocycles. The molecule has 5 nitrogen and oxygen atoms in total. The summed E-state index contributed by atoms with van der Waals surface area (Å²) in [6.07, 6.45) is 0. The number of hydrogen-bond donors (Lipinski definition) is 2. The Morgan fingerprint density at radius 3 is 2.33 bits per heavy atom. The van der Waals surface area contributed by atoms with Gasteiger partial charge in [0.2, 0.25) is 10.0 Å². The maximum atomic E-state index is 12.8. The van der Waals surface area contributed by atoms with Crippen LogP contribution in [0.5, 0.6) is 0 Å². The largest absolute Gasteiger partial charge is 0.478 e. The highest BCUT2D eigenvalue weighted by molar-refractivity contribution is 7.91. The number of carboxylic acids is 1. The molecule has 0 saturated heterocycles. The minimum absolute atomic E-state index is 0.00730. The predicted octanol–water partition coefficient (Wildman–Crippen LogP) is 2.47. The predicted molar refractivity (Wildman–Crippen MR) is 76.0 cm³/mol. The van der Waals surface area contributed by atoms with E-state index in [9.17, 15) is 17.6 Å². The van der Waals surface area contributed by atoms with E-state index in [4.69, 9.17) is 5.11 Å². The van der Waals surface area contributed by atoms with E-state index in [2.05, 4.69) is 4.72 Å². The number of anilines is 1. The number of carbonyl (C=O) groups is 1. The summed E-state index contributed by atoms with van der Waals surface area (Å²) in [6, 6.07) is 10.7. The summed E-state index contributed by atoms with van der Waals surface area (Å²) in [5.41, 5.74) is 0.254. The average Bonchev–Trinajstić information content (AvgIpc) is 2.41. The van der Waals surface area contributed by atoms with Gasteiger partial charge in [0, 0.05) is 0 Å². The molecule has 2 aromatic rings. The normalized spacial score (nSPS) is 11.1. The minimum Gasteiger partial charge on any atom is -0.478 e. The van der Waals surface area contributed by atoms with Crippen molar-refractivity contribution in [1.29, 1.82) is 0 Å². The molecule has 0 unspecified atom stereocenters. The summed E-state index contributed by atoms with van der Waals surface area (Å²) in [5, 5.41) is 9.01. The molecular formula is C14H12FNO4S. The SMILES string of the molecule is O=C(O)c1ccccc1NS(=O)(=O)Cc1ccc(F)cc1. The minimum atomic E-state index is -3.79. The number of para-hydroxylation sites is 1. The Balaban J connectivity index is 2.22. The van der Waals surface area contributed by atoms with E-state index in [1.165, 1.54) is 36.4 Å². The van der Waals surface area contributed by atoms with Gasteiger partial charge in [-0.15, -0.1) is 0 Å². The Morgan fingerprint density at radius 2 is 1.71 bits per heavy atom. The third kappa shape index (κ3) is 4.03. The lowest BCUT2D eigenvalue weighted by Crippen LogP contribution is -2.17. The van der Waals surface area contributed by atoms with Gasteiger partial charge in [-0.2, -0.15) is 0 Å². The van der Waals surface area contributed by atoms with Gasteiger partial charge in [0.1, 0.15) is 5.82 Å². The number of rotatable bonds is 5. The number of aromatic carboxylic acids is 1. The van der Waals surface area contributed by atoms with Crippen molar-refractivity contribution >= 4 is 21.7 Å². The molecule has 0 aliphatic heterocycles. The van der Waals surface area contributed by atoms with E-state index in [1.54, 1.807) is 0 Å². The van der Waals surface area contributed by atoms with Gasteiger partial charge in [0.05, 0.1) is 17.0 Å². The van der Waals surface area contributed by atoms with Crippen molar-refractivity contribution in [3.63, 3.8) is 0 Å². The second-order valence-corrected chi connectivity index (χ2v) is 6.06. The van der Waals surface area contributed by atoms with Crippen LogP contribution in [0.2, 0.25) is 0 Å². The zero-order valence-electron chi connectivity index (χ0n) is 10.8. The third-order valence-electron chi connectivity index (χ3n) is 2.69. The van der Waals surface area contributed by atoms with Gasteiger partial charge >= 0.3 is 5.97 Å². The first-order valence-corrected chi connectivity index (χ1v) is 7.60. The van der Waals surface area contributed by atoms with Gasteiger partial charge in [0.25, 0.3) is 0 Å². The van der Waals surface area contributed by atoms with Crippen LogP contribution >= 0.6 is 0 Å². The summed E-state index contributed by atoms with van der Waals surface area (Å²) in [5.74, 6) is -2.06. The standard InChI is InChI=1S/C14H12FNO4S/c15-11-7-5-10(6-8-11)9-21(19,20)16-13-4-2-1-3-12(13)14(17)18/h1-8,16H,9H2,(H,17,18). The summed E-state index contributed by atoms with van der Waals surface area (Å²) in [7, 11) is -3.79. The van der Waals surface area contributed by atoms with Crippen molar-refractivity contribution in [3.05, 3.63) is 65.5 Å². The third-order valence-corrected chi connectivity index (χ3v) is 3.94. The number of benzene rings is 2. The fraction of sp³-hybridized carbons (Fsp3) is 0.0714. The highest BCUT2D eigenvalue weighted by atomic mass is 32.2. The lowest BCUT2D eigenvalue weighted by molar-refractivity contribution is 0.0698. The number of sulfonamides is 1. The summed E-state index contributed by atoms with van der Waals surface area (Å²) in [6.45, 7) is 0. The summed E-state index contributed by atoms with van der Waals surface area (Å²) in [4.78, 5) is 11.0. The van der Waals surface area contributed by atoms with Crippen LogP contribution in [-0.2, 0) is 15.8 Å². The molecule has 2 aromatic carbocycles. The van der Waals surface area contributed by atoms with E-state index in [-0.39, 0.29) is 17.0 Å². The van der Waals surface area contributed by atoms with Crippen molar-refractivity contribution in [2.75, 3.05) is 4.72 Å². The molecule has 0 fully saturated rings. The van der Waals surface area contributed by atoms with Gasteiger partial charge in [-0.3, -0.25) is 4.72 Å². The van der Waals surface area contributed by atoms with Crippen LogP contribution in [0.25, 0.3) is 0 Å². The Hall–Kier alpha value is -2.41. The van der Waals surface area contributed by atoms with Gasteiger partial charge < -0.3 is 5.11 Å². The van der Waals surface area contributed by atoms with E-state index >= 15 is 0 Å². The maximum Gasteiger partial charge on any atom is 0.337 e. The van der Waals surface area contributed by atoms with Gasteiger partial charge in [-0.1, -0.05) is 24.3 Å². The van der Waals surface area contributed by atoms with Crippen LogP contribution in [0.1, 0.15) is 15.9 Å². The maximum absolute atomic E-state index is 12.8. The number of nitrogens with one attached hydrogen (secondary N) is 1.